The maximum absolute atomic E-state index is 11.9. The summed E-state index contributed by atoms with van der Waals surface area (Å²) in [6, 6.07) is 5.66. The Morgan fingerprint density at radius 3 is 2.70 bits per heavy atom. The number of rotatable bonds is 5. The molecule has 2 N–H and O–H groups in total. The average Bonchev–Trinajstić information content (AvgIpc) is 2.69. The number of nitrogens with zero attached hydrogens (tertiary/aromatic N) is 2. The lowest BCUT2D eigenvalue weighted by molar-refractivity contribution is -0.118. The molecule has 110 valence electrons. The number of carbonyl (C=O) groups is 1. The molecule has 1 aliphatic rings. The molecule has 0 radical (unpaired) electrons. The van der Waals surface area contributed by atoms with Crippen LogP contribution in [0.3, 0.4) is 0 Å². The van der Waals surface area contributed by atoms with Gasteiger partial charge in [0.05, 0.1) is 5.69 Å². The van der Waals surface area contributed by atoms with Gasteiger partial charge in [0.25, 0.3) is 0 Å². The lowest BCUT2D eigenvalue weighted by Crippen LogP contribution is -2.28. The van der Waals surface area contributed by atoms with Gasteiger partial charge in [-0.15, -0.1) is 0 Å². The Morgan fingerprint density at radius 1 is 1.40 bits per heavy atom. The first-order valence-electron chi connectivity index (χ1n) is 7.41. The van der Waals surface area contributed by atoms with Gasteiger partial charge in [0.15, 0.2) is 0 Å². The Morgan fingerprint density at radius 2 is 2.10 bits per heavy atom. The maximum Gasteiger partial charge on any atom is 0.248 e. The van der Waals surface area contributed by atoms with Gasteiger partial charge < -0.3 is 15.5 Å². The van der Waals surface area contributed by atoms with Crippen molar-refractivity contribution in [2.75, 3.05) is 29.9 Å². The van der Waals surface area contributed by atoms with Gasteiger partial charge in [0.2, 0.25) is 5.91 Å². The Labute approximate surface area is 121 Å². The van der Waals surface area contributed by atoms with Gasteiger partial charge in [0, 0.05) is 31.4 Å². The fourth-order valence-electron chi connectivity index (χ4n) is 2.66. The number of amides is 1. The average molecular weight is 275 g/mol. The summed E-state index contributed by atoms with van der Waals surface area (Å²) in [5.41, 5.74) is 8.98. The van der Waals surface area contributed by atoms with E-state index in [0.717, 1.165) is 24.3 Å². The molecule has 1 heterocycles. The van der Waals surface area contributed by atoms with E-state index in [1.54, 1.807) is 11.9 Å². The van der Waals surface area contributed by atoms with Crippen LogP contribution in [0.4, 0.5) is 11.4 Å². The van der Waals surface area contributed by atoms with Gasteiger partial charge >= 0.3 is 0 Å². The van der Waals surface area contributed by atoms with E-state index in [2.05, 4.69) is 37.8 Å². The highest BCUT2D eigenvalue weighted by atomic mass is 16.2. The molecular formula is C16H25N3O. The molecule has 0 bridgehead atoms. The number of fused-ring (bicyclic) bond motifs is 1. The summed E-state index contributed by atoms with van der Waals surface area (Å²) >= 11 is 0. The molecule has 1 aromatic carbocycles. The zero-order chi connectivity index (χ0) is 14.9. The van der Waals surface area contributed by atoms with E-state index in [0.29, 0.717) is 5.92 Å². The van der Waals surface area contributed by atoms with E-state index in [9.17, 15) is 4.79 Å². The summed E-state index contributed by atoms with van der Waals surface area (Å²) in [6.45, 7) is 8.65. The minimum Gasteiger partial charge on any atom is -0.371 e. The monoisotopic (exact) mass is 275 g/mol. The number of anilines is 2. The number of hydrogen-bond acceptors (Lipinski definition) is 3. The molecule has 0 aromatic heterocycles. The molecule has 0 saturated heterocycles. The van der Waals surface area contributed by atoms with E-state index in [1.165, 1.54) is 12.1 Å². The fraction of sp³-hybridized carbons (Fsp3) is 0.562. The Balaban J connectivity index is 2.29. The van der Waals surface area contributed by atoms with Crippen molar-refractivity contribution in [3.8, 4) is 0 Å². The highest BCUT2D eigenvalue weighted by Gasteiger charge is 2.32. The van der Waals surface area contributed by atoms with Gasteiger partial charge in [-0.1, -0.05) is 26.3 Å². The molecule has 0 fully saturated rings. The second-order valence-corrected chi connectivity index (χ2v) is 5.67. The number of benzene rings is 1. The van der Waals surface area contributed by atoms with Crippen molar-refractivity contribution in [1.82, 2.24) is 0 Å². The third-order valence-corrected chi connectivity index (χ3v) is 4.28. The van der Waals surface area contributed by atoms with Crippen LogP contribution >= 0.6 is 0 Å². The first-order valence-corrected chi connectivity index (χ1v) is 7.41. The van der Waals surface area contributed by atoms with Crippen molar-refractivity contribution in [3.63, 3.8) is 0 Å². The summed E-state index contributed by atoms with van der Waals surface area (Å²) in [6.07, 6.45) is 1.17. The summed E-state index contributed by atoms with van der Waals surface area (Å²) in [7, 11) is 1.79. The second kappa shape index (κ2) is 5.83. The summed E-state index contributed by atoms with van der Waals surface area (Å²) in [5, 5.41) is 0. The van der Waals surface area contributed by atoms with Crippen LogP contribution in [-0.4, -0.2) is 26.0 Å². The smallest absolute Gasteiger partial charge is 0.248 e. The predicted molar refractivity (Wildman–Crippen MR) is 84.1 cm³/mol. The third kappa shape index (κ3) is 2.52. The van der Waals surface area contributed by atoms with E-state index in [1.807, 2.05) is 6.07 Å². The van der Waals surface area contributed by atoms with Crippen LogP contribution in [0.1, 0.15) is 38.8 Å². The quantitative estimate of drug-likeness (QED) is 0.898. The van der Waals surface area contributed by atoms with E-state index in [4.69, 9.17) is 5.73 Å². The Bertz CT molecular complexity index is 500. The molecule has 1 aliphatic heterocycles. The molecule has 2 unspecified atom stereocenters. The van der Waals surface area contributed by atoms with Crippen molar-refractivity contribution >= 4 is 17.3 Å². The molecule has 20 heavy (non-hydrogen) atoms. The van der Waals surface area contributed by atoms with Crippen molar-refractivity contribution in [3.05, 3.63) is 23.8 Å². The number of carbonyl (C=O) groups excluding carboxylic acids is 1. The minimum atomic E-state index is -0.506. The van der Waals surface area contributed by atoms with Crippen molar-refractivity contribution in [2.45, 2.75) is 33.2 Å². The van der Waals surface area contributed by atoms with Crippen LogP contribution < -0.4 is 15.5 Å². The fourth-order valence-corrected chi connectivity index (χ4v) is 2.66. The molecule has 4 heteroatoms. The van der Waals surface area contributed by atoms with Crippen LogP contribution in [0.15, 0.2) is 18.2 Å². The van der Waals surface area contributed by atoms with E-state index < -0.39 is 6.04 Å². The van der Waals surface area contributed by atoms with Gasteiger partial charge in [-0.2, -0.15) is 0 Å². The number of likely N-dealkylation sites (N-methyl/N-ethyl adjacent to an activating group) is 1. The lowest BCUT2D eigenvalue weighted by Gasteiger charge is -2.27. The maximum atomic E-state index is 11.9. The van der Waals surface area contributed by atoms with Crippen LogP contribution in [0, 0.1) is 5.92 Å². The molecule has 0 spiro atoms. The minimum absolute atomic E-state index is 0.0258. The first kappa shape index (κ1) is 14.9. The molecular weight excluding hydrogens is 250 g/mol. The Hall–Kier alpha value is -1.55. The van der Waals surface area contributed by atoms with Crippen LogP contribution in [0.25, 0.3) is 0 Å². The zero-order valence-electron chi connectivity index (χ0n) is 12.9. The van der Waals surface area contributed by atoms with Crippen LogP contribution in [0.5, 0.6) is 0 Å². The Kier molecular flexibility index (Phi) is 4.33. The molecule has 0 saturated carbocycles. The van der Waals surface area contributed by atoms with Gasteiger partial charge in [-0.25, -0.2) is 0 Å². The van der Waals surface area contributed by atoms with E-state index >= 15 is 0 Å². The standard InChI is InChI=1S/C16H25N3O/c1-5-11(3)10-19(6-2)12-7-8-13-14(9-12)18(4)16(20)15(13)17/h7-9,11,15H,5-6,10,17H2,1-4H3. The molecule has 1 aromatic rings. The second-order valence-electron chi connectivity index (χ2n) is 5.67. The molecule has 2 rings (SSSR count). The molecule has 2 atom stereocenters. The first-order chi connectivity index (χ1) is 9.49. The summed E-state index contributed by atoms with van der Waals surface area (Å²) in [5.74, 6) is 0.631. The van der Waals surface area contributed by atoms with Gasteiger partial charge in [-0.05, 0) is 25.0 Å². The van der Waals surface area contributed by atoms with Crippen LogP contribution in [-0.2, 0) is 4.79 Å². The van der Waals surface area contributed by atoms with Crippen molar-refractivity contribution < 1.29 is 4.79 Å². The summed E-state index contributed by atoms with van der Waals surface area (Å²) in [4.78, 5) is 15.9. The van der Waals surface area contributed by atoms with Crippen molar-refractivity contribution in [1.29, 1.82) is 0 Å². The lowest BCUT2D eigenvalue weighted by atomic mass is 10.1. The number of nitrogens with two attached hydrogens (primary N) is 1. The van der Waals surface area contributed by atoms with Gasteiger partial charge in [-0.3, -0.25) is 4.79 Å². The zero-order valence-corrected chi connectivity index (χ0v) is 12.9. The van der Waals surface area contributed by atoms with E-state index in [-0.39, 0.29) is 5.91 Å². The highest BCUT2D eigenvalue weighted by Crippen LogP contribution is 2.36. The molecule has 4 nitrogen and oxygen atoms in total. The third-order valence-electron chi connectivity index (χ3n) is 4.28. The normalized spacial score (nSPS) is 19.1. The topological polar surface area (TPSA) is 49.6 Å². The molecule has 1 amide bonds. The summed E-state index contributed by atoms with van der Waals surface area (Å²) < 4.78 is 0. The SMILES string of the molecule is CCC(C)CN(CC)c1ccc2c(c1)N(C)C(=O)C2N. The molecule has 0 aliphatic carbocycles. The largest absolute Gasteiger partial charge is 0.371 e. The van der Waals surface area contributed by atoms with Crippen molar-refractivity contribution in [2.24, 2.45) is 11.7 Å². The van der Waals surface area contributed by atoms with Crippen LogP contribution in [0.2, 0.25) is 0 Å². The van der Waals surface area contributed by atoms with Gasteiger partial charge in [0.1, 0.15) is 6.04 Å². The predicted octanol–water partition coefficient (Wildman–Crippen LogP) is 2.54. The number of hydrogen-bond donors (Lipinski definition) is 1. The highest BCUT2D eigenvalue weighted by molar-refractivity contribution is 6.04.